The summed E-state index contributed by atoms with van der Waals surface area (Å²) >= 11 is 1.59. The molecular weight excluding hydrogens is 272 g/mol. The minimum Gasteiger partial charge on any atom is -0.480 e. The summed E-state index contributed by atoms with van der Waals surface area (Å²) in [6, 6.07) is 9.58. The Kier molecular flexibility index (Phi) is 3.74. The lowest BCUT2D eigenvalue weighted by atomic mass is 10.1. The number of piperazine rings is 1. The lowest BCUT2D eigenvalue weighted by Gasteiger charge is -2.35. The van der Waals surface area contributed by atoms with E-state index in [2.05, 4.69) is 16.8 Å². The smallest absolute Gasteiger partial charge is 0.326 e. The Morgan fingerprint density at radius 2 is 1.95 bits per heavy atom. The number of rotatable bonds is 3. The van der Waals surface area contributed by atoms with Gasteiger partial charge in [-0.3, -0.25) is 9.69 Å². The summed E-state index contributed by atoms with van der Waals surface area (Å²) in [4.78, 5) is 17.0. The highest BCUT2D eigenvalue weighted by Crippen LogP contribution is 2.33. The first-order chi connectivity index (χ1) is 9.65. The van der Waals surface area contributed by atoms with Crippen molar-refractivity contribution >= 4 is 27.4 Å². The van der Waals surface area contributed by atoms with E-state index in [4.69, 9.17) is 0 Å². The molecule has 1 fully saturated rings. The maximum Gasteiger partial charge on any atom is 0.326 e. The first kappa shape index (κ1) is 13.5. The highest BCUT2D eigenvalue weighted by molar-refractivity contribution is 7.19. The maximum absolute atomic E-state index is 11.7. The molecule has 4 nitrogen and oxygen atoms in total. The van der Waals surface area contributed by atoms with E-state index in [0.29, 0.717) is 0 Å². The number of carboxylic acids is 1. The minimum atomic E-state index is -0.749. The van der Waals surface area contributed by atoms with Gasteiger partial charge < -0.3 is 10.0 Å². The van der Waals surface area contributed by atoms with E-state index < -0.39 is 12.0 Å². The zero-order chi connectivity index (χ0) is 14.1. The van der Waals surface area contributed by atoms with Gasteiger partial charge in [0.1, 0.15) is 6.04 Å². The fourth-order valence-electron chi connectivity index (χ4n) is 2.68. The van der Waals surface area contributed by atoms with Crippen LogP contribution < -0.4 is 0 Å². The van der Waals surface area contributed by atoms with Crippen LogP contribution in [0.3, 0.4) is 0 Å². The summed E-state index contributed by atoms with van der Waals surface area (Å²) in [6.45, 7) is 3.47. The number of carbonyl (C=O) groups is 1. The quantitative estimate of drug-likeness (QED) is 0.942. The number of hydrogen-bond donors (Lipinski definition) is 1. The topological polar surface area (TPSA) is 43.8 Å². The highest BCUT2D eigenvalue weighted by Gasteiger charge is 2.30. The van der Waals surface area contributed by atoms with E-state index in [1.165, 1.54) is 0 Å². The number of nitrogens with zero attached hydrogens (tertiary/aromatic N) is 2. The summed E-state index contributed by atoms with van der Waals surface area (Å²) in [6.07, 6.45) is 0. The van der Waals surface area contributed by atoms with Crippen molar-refractivity contribution in [3.8, 4) is 0 Å². The van der Waals surface area contributed by atoms with Gasteiger partial charge in [0, 0.05) is 35.8 Å². The van der Waals surface area contributed by atoms with E-state index in [1.807, 2.05) is 30.3 Å². The third kappa shape index (κ3) is 2.57. The van der Waals surface area contributed by atoms with Crippen LogP contribution >= 0.6 is 11.3 Å². The van der Waals surface area contributed by atoms with Gasteiger partial charge in [0.2, 0.25) is 0 Å². The third-order valence-electron chi connectivity index (χ3n) is 3.85. The number of fused-ring (bicyclic) bond motifs is 1. The van der Waals surface area contributed by atoms with Crippen molar-refractivity contribution in [2.45, 2.75) is 6.04 Å². The van der Waals surface area contributed by atoms with Crippen LogP contribution in [0.4, 0.5) is 0 Å². The Hall–Kier alpha value is -1.43. The van der Waals surface area contributed by atoms with Crippen LogP contribution in [0, 0.1) is 0 Å². The zero-order valence-electron chi connectivity index (χ0n) is 11.5. The molecule has 1 aliphatic rings. The fourth-order valence-corrected chi connectivity index (χ4v) is 3.87. The molecule has 1 saturated heterocycles. The van der Waals surface area contributed by atoms with Crippen molar-refractivity contribution in [2.75, 3.05) is 33.2 Å². The lowest BCUT2D eigenvalue weighted by molar-refractivity contribution is -0.144. The van der Waals surface area contributed by atoms with Crippen LogP contribution in [0.25, 0.3) is 10.1 Å². The van der Waals surface area contributed by atoms with Crippen LogP contribution in [0.2, 0.25) is 0 Å². The first-order valence-electron chi connectivity index (χ1n) is 6.79. The van der Waals surface area contributed by atoms with Gasteiger partial charge in [-0.25, -0.2) is 0 Å². The molecule has 20 heavy (non-hydrogen) atoms. The van der Waals surface area contributed by atoms with Crippen LogP contribution in [0.1, 0.15) is 10.9 Å². The second-order valence-corrected chi connectivity index (χ2v) is 6.38. The molecule has 1 aromatic carbocycles. The number of thiophene rings is 1. The van der Waals surface area contributed by atoms with Crippen molar-refractivity contribution in [1.29, 1.82) is 0 Å². The van der Waals surface area contributed by atoms with Gasteiger partial charge in [0.05, 0.1) is 0 Å². The van der Waals surface area contributed by atoms with Gasteiger partial charge in [-0.2, -0.15) is 0 Å². The lowest BCUT2D eigenvalue weighted by Crippen LogP contribution is -2.47. The van der Waals surface area contributed by atoms with Gasteiger partial charge in [-0.15, -0.1) is 11.3 Å². The molecule has 0 amide bonds. The van der Waals surface area contributed by atoms with E-state index in [0.717, 1.165) is 41.1 Å². The largest absolute Gasteiger partial charge is 0.480 e. The molecule has 2 aromatic rings. The Bertz CT molecular complexity index is 584. The summed E-state index contributed by atoms with van der Waals surface area (Å²) in [5.74, 6) is -0.749. The van der Waals surface area contributed by atoms with Gasteiger partial charge in [-0.1, -0.05) is 18.2 Å². The molecule has 3 rings (SSSR count). The van der Waals surface area contributed by atoms with Gasteiger partial charge >= 0.3 is 5.97 Å². The Morgan fingerprint density at radius 3 is 2.60 bits per heavy atom. The molecule has 2 heterocycles. The standard InChI is InChI=1S/C15H18N2O2S/c1-16-6-8-17(9-7-16)14(15(18)19)13-10-11-4-2-3-5-12(11)20-13/h2-5,10,14H,6-9H2,1H3,(H,18,19). The van der Waals surface area contributed by atoms with Crippen LogP contribution in [0.5, 0.6) is 0 Å². The average molecular weight is 290 g/mol. The van der Waals surface area contributed by atoms with Gasteiger partial charge in [-0.05, 0) is 24.6 Å². The van der Waals surface area contributed by atoms with Gasteiger partial charge in [0.15, 0.2) is 0 Å². The van der Waals surface area contributed by atoms with Crippen molar-refractivity contribution < 1.29 is 9.90 Å². The fraction of sp³-hybridized carbons (Fsp3) is 0.400. The molecule has 0 aliphatic carbocycles. The number of carboxylic acid groups (broad SMARTS) is 1. The third-order valence-corrected chi connectivity index (χ3v) is 5.02. The van der Waals surface area contributed by atoms with Gasteiger partial charge in [0.25, 0.3) is 0 Å². The summed E-state index contributed by atoms with van der Waals surface area (Å²) < 4.78 is 1.16. The monoisotopic (exact) mass is 290 g/mol. The van der Waals surface area contributed by atoms with Crippen molar-refractivity contribution in [3.63, 3.8) is 0 Å². The van der Waals surface area contributed by atoms with E-state index in [1.54, 1.807) is 11.3 Å². The normalized spacial score (nSPS) is 19.2. The van der Waals surface area contributed by atoms with Crippen molar-refractivity contribution in [1.82, 2.24) is 9.80 Å². The molecule has 0 bridgehead atoms. The van der Waals surface area contributed by atoms with Crippen molar-refractivity contribution in [2.24, 2.45) is 0 Å². The first-order valence-corrected chi connectivity index (χ1v) is 7.60. The average Bonchev–Trinajstić information content (AvgIpc) is 2.84. The van der Waals surface area contributed by atoms with Crippen LogP contribution in [0.15, 0.2) is 30.3 Å². The Balaban J connectivity index is 1.92. The number of aliphatic carboxylic acids is 1. The molecule has 106 valence electrons. The molecular formula is C15H18N2O2S. The maximum atomic E-state index is 11.7. The molecule has 1 aliphatic heterocycles. The number of likely N-dealkylation sites (N-methyl/N-ethyl adjacent to an activating group) is 1. The van der Waals surface area contributed by atoms with E-state index in [-0.39, 0.29) is 0 Å². The second kappa shape index (κ2) is 5.52. The molecule has 1 aromatic heterocycles. The highest BCUT2D eigenvalue weighted by atomic mass is 32.1. The summed E-state index contributed by atoms with van der Waals surface area (Å²) in [7, 11) is 2.08. The van der Waals surface area contributed by atoms with E-state index in [9.17, 15) is 9.90 Å². The van der Waals surface area contributed by atoms with Crippen LogP contribution in [-0.4, -0.2) is 54.1 Å². The van der Waals surface area contributed by atoms with E-state index >= 15 is 0 Å². The molecule has 1 N–H and O–H groups in total. The predicted octanol–water partition coefficient (Wildman–Crippen LogP) is 2.27. The molecule has 1 atom stereocenters. The second-order valence-electron chi connectivity index (χ2n) is 5.27. The SMILES string of the molecule is CN1CCN(C(C(=O)O)c2cc3ccccc3s2)CC1. The molecule has 0 radical (unpaired) electrons. The Morgan fingerprint density at radius 1 is 1.25 bits per heavy atom. The number of benzene rings is 1. The molecule has 0 saturated carbocycles. The van der Waals surface area contributed by atoms with Crippen molar-refractivity contribution in [3.05, 3.63) is 35.2 Å². The van der Waals surface area contributed by atoms with Crippen LogP contribution in [-0.2, 0) is 4.79 Å². The Labute approximate surface area is 122 Å². The molecule has 0 spiro atoms. The summed E-state index contributed by atoms with van der Waals surface area (Å²) in [5.41, 5.74) is 0. The number of hydrogen-bond acceptors (Lipinski definition) is 4. The summed E-state index contributed by atoms with van der Waals surface area (Å²) in [5, 5.41) is 10.8. The zero-order valence-corrected chi connectivity index (χ0v) is 12.3. The predicted molar refractivity (Wildman–Crippen MR) is 81.3 cm³/mol. The molecule has 5 heteroatoms. The minimum absolute atomic E-state index is 0.513. The molecule has 1 unspecified atom stereocenters.